The fourth-order valence-corrected chi connectivity index (χ4v) is 10.4. The van der Waals surface area contributed by atoms with E-state index in [2.05, 4.69) is 51.6 Å². The number of aliphatic hydroxyl groups excluding tert-OH is 1. The summed E-state index contributed by atoms with van der Waals surface area (Å²) >= 11 is 0. The van der Waals surface area contributed by atoms with Crippen LogP contribution in [0.5, 0.6) is 0 Å². The Morgan fingerprint density at radius 3 is 2.07 bits per heavy atom. The van der Waals surface area contributed by atoms with E-state index in [1.165, 1.54) is 0 Å². The maximum absolute atomic E-state index is 10.4. The Morgan fingerprint density at radius 1 is 1.07 bits per heavy atom. The van der Waals surface area contributed by atoms with E-state index in [9.17, 15) is 5.11 Å². The minimum Gasteiger partial charge on any atom is -0.413 e. The first-order valence-electron chi connectivity index (χ1n) is 9.83. The molecule has 0 bridgehead atoms. The van der Waals surface area contributed by atoms with Crippen molar-refractivity contribution in [1.29, 1.82) is 0 Å². The molecule has 1 N–H and O–H groups in total. The second-order valence-electron chi connectivity index (χ2n) is 8.95. The topological polar surface area (TPSA) is 106 Å². The average molecular weight is 402 g/mol. The van der Waals surface area contributed by atoms with Crippen molar-refractivity contribution in [3.05, 3.63) is 10.4 Å². The van der Waals surface area contributed by atoms with Crippen LogP contribution >= 0.6 is 0 Å². The van der Waals surface area contributed by atoms with Crippen LogP contribution in [0.25, 0.3) is 10.4 Å². The maximum atomic E-state index is 10.4. The summed E-state index contributed by atoms with van der Waals surface area (Å²) in [5, 5.41) is 14.0. The van der Waals surface area contributed by atoms with E-state index >= 15 is 0 Å². The van der Waals surface area contributed by atoms with Gasteiger partial charge in [-0.3, -0.25) is 0 Å². The molecule has 2 rings (SSSR count). The molecule has 0 spiro atoms. The maximum Gasteiger partial charge on any atom is 0.200 e. The number of ether oxygens (including phenoxy) is 3. The van der Waals surface area contributed by atoms with Crippen molar-refractivity contribution >= 4 is 8.32 Å². The molecule has 0 radical (unpaired) electrons. The number of fused-ring (bicyclic) bond motifs is 1. The molecule has 27 heavy (non-hydrogen) atoms. The lowest BCUT2D eigenvalue weighted by Crippen LogP contribution is -2.58. The standard InChI is InChI=1S/C18H35N3O5Si/c1-10(2)27(11(3)4,12(5)6)23-9-13-15-16(26-18(7,8)25-15)14(20-21-19)17(22)24-13/h10-17,22H,9H2,1-8H3/t13?,14?,15-,16+,17+/m0/s1. The van der Waals surface area contributed by atoms with Crippen molar-refractivity contribution < 1.29 is 23.7 Å². The minimum atomic E-state index is -2.09. The van der Waals surface area contributed by atoms with Crippen LogP contribution in [0.1, 0.15) is 55.4 Å². The summed E-state index contributed by atoms with van der Waals surface area (Å²) in [4.78, 5) is 2.82. The van der Waals surface area contributed by atoms with Crippen molar-refractivity contribution in [1.82, 2.24) is 0 Å². The van der Waals surface area contributed by atoms with Crippen LogP contribution in [0.2, 0.25) is 16.6 Å². The van der Waals surface area contributed by atoms with Gasteiger partial charge < -0.3 is 23.7 Å². The van der Waals surface area contributed by atoms with E-state index in [4.69, 9.17) is 24.2 Å². The van der Waals surface area contributed by atoms with Gasteiger partial charge in [0.25, 0.3) is 0 Å². The SMILES string of the molecule is CC(C)[Si](OCC1O[C@@H](O)C(N=[N+]=[N-])[C@H]2OC(C)(C)O[C@@H]12)(C(C)C)C(C)C. The molecule has 156 valence electrons. The number of hydrogen-bond donors (Lipinski definition) is 1. The molecule has 2 fully saturated rings. The van der Waals surface area contributed by atoms with Crippen LogP contribution < -0.4 is 0 Å². The van der Waals surface area contributed by atoms with E-state index in [1.54, 1.807) is 13.8 Å². The van der Waals surface area contributed by atoms with Crippen LogP contribution in [0.3, 0.4) is 0 Å². The van der Waals surface area contributed by atoms with Crippen molar-refractivity contribution in [2.75, 3.05) is 6.61 Å². The Morgan fingerprint density at radius 2 is 1.59 bits per heavy atom. The largest absolute Gasteiger partial charge is 0.413 e. The van der Waals surface area contributed by atoms with Crippen molar-refractivity contribution in [2.24, 2.45) is 5.11 Å². The van der Waals surface area contributed by atoms with Gasteiger partial charge in [-0.15, -0.1) is 0 Å². The Balaban J connectivity index is 2.24. The lowest BCUT2D eigenvalue weighted by Gasteiger charge is -2.45. The lowest BCUT2D eigenvalue weighted by molar-refractivity contribution is -0.225. The Hall–Kier alpha value is -0.673. The molecule has 9 heteroatoms. The summed E-state index contributed by atoms with van der Waals surface area (Å²) in [6.07, 6.45) is -2.76. The molecule has 2 saturated heterocycles. The Bertz CT molecular complexity index is 543. The van der Waals surface area contributed by atoms with E-state index in [0.29, 0.717) is 23.2 Å². The summed E-state index contributed by atoms with van der Waals surface area (Å²) < 4.78 is 24.4. The summed E-state index contributed by atoms with van der Waals surface area (Å²) in [5.41, 5.74) is 10.1. The first-order valence-corrected chi connectivity index (χ1v) is 12.0. The van der Waals surface area contributed by atoms with Crippen LogP contribution in [-0.2, 0) is 18.6 Å². The molecule has 0 aliphatic carbocycles. The zero-order valence-corrected chi connectivity index (χ0v) is 18.7. The summed E-state index contributed by atoms with van der Waals surface area (Å²) in [6, 6.07) is -0.847. The van der Waals surface area contributed by atoms with Gasteiger partial charge in [-0.25, -0.2) is 0 Å². The highest BCUT2D eigenvalue weighted by molar-refractivity contribution is 6.77. The Labute approximate surface area is 163 Å². The number of azide groups is 1. The van der Waals surface area contributed by atoms with Gasteiger partial charge in [-0.05, 0) is 36.0 Å². The number of nitrogens with zero attached hydrogens (tertiary/aromatic N) is 3. The fourth-order valence-electron chi connectivity index (χ4n) is 4.91. The average Bonchev–Trinajstić information content (AvgIpc) is 2.85. The van der Waals surface area contributed by atoms with Crippen LogP contribution in [0.15, 0.2) is 5.11 Å². The molecule has 5 atom stereocenters. The van der Waals surface area contributed by atoms with Crippen molar-refractivity contribution in [2.45, 2.75) is 108 Å². The van der Waals surface area contributed by atoms with E-state index in [-0.39, 0.29) is 0 Å². The number of aliphatic hydroxyl groups is 1. The summed E-state index contributed by atoms with van der Waals surface area (Å²) in [6.45, 7) is 17.3. The van der Waals surface area contributed by atoms with Gasteiger partial charge in [0, 0.05) is 4.91 Å². The molecule has 0 aromatic heterocycles. The highest BCUT2D eigenvalue weighted by atomic mass is 28.4. The van der Waals surface area contributed by atoms with E-state index in [1.807, 2.05) is 0 Å². The quantitative estimate of drug-likeness (QED) is 0.299. The van der Waals surface area contributed by atoms with Gasteiger partial charge >= 0.3 is 0 Å². The smallest absolute Gasteiger partial charge is 0.200 e. The third-order valence-corrected chi connectivity index (χ3v) is 11.9. The van der Waals surface area contributed by atoms with Gasteiger partial charge in [0.05, 0.1) is 6.61 Å². The molecule has 2 aliphatic heterocycles. The summed E-state index contributed by atoms with van der Waals surface area (Å²) in [7, 11) is -2.09. The molecule has 2 heterocycles. The normalized spacial score (nSPS) is 33.4. The number of rotatable bonds is 7. The third-order valence-electron chi connectivity index (χ3n) is 5.86. The molecule has 0 aromatic carbocycles. The van der Waals surface area contributed by atoms with Gasteiger partial charge in [0.15, 0.2) is 20.4 Å². The van der Waals surface area contributed by atoms with Crippen molar-refractivity contribution in [3.8, 4) is 0 Å². The van der Waals surface area contributed by atoms with Crippen LogP contribution in [0.4, 0.5) is 0 Å². The lowest BCUT2D eigenvalue weighted by atomic mass is 9.98. The monoisotopic (exact) mass is 401 g/mol. The Kier molecular flexibility index (Phi) is 7.01. The second-order valence-corrected chi connectivity index (χ2v) is 14.4. The van der Waals surface area contributed by atoms with Gasteiger partial charge in [0.1, 0.15) is 24.4 Å². The molecule has 0 aromatic rings. The van der Waals surface area contributed by atoms with Crippen LogP contribution in [0, 0.1) is 0 Å². The summed E-state index contributed by atoms with van der Waals surface area (Å²) in [5.74, 6) is -0.840. The third kappa shape index (κ3) is 4.34. The predicted molar refractivity (Wildman–Crippen MR) is 105 cm³/mol. The zero-order chi connectivity index (χ0) is 20.6. The van der Waals surface area contributed by atoms with Gasteiger partial charge in [0.2, 0.25) is 0 Å². The molecule has 0 amide bonds. The first-order chi connectivity index (χ1) is 12.5. The predicted octanol–water partition coefficient (Wildman–Crippen LogP) is 4.09. The molecule has 8 nitrogen and oxygen atoms in total. The van der Waals surface area contributed by atoms with Gasteiger partial charge in [-0.2, -0.15) is 0 Å². The zero-order valence-electron chi connectivity index (χ0n) is 17.7. The molecule has 0 saturated carbocycles. The second kappa shape index (κ2) is 8.37. The highest BCUT2D eigenvalue weighted by Gasteiger charge is 2.55. The highest BCUT2D eigenvalue weighted by Crippen LogP contribution is 2.44. The molecule has 2 unspecified atom stereocenters. The van der Waals surface area contributed by atoms with Gasteiger partial charge in [-0.1, -0.05) is 46.7 Å². The van der Waals surface area contributed by atoms with E-state index in [0.717, 1.165) is 0 Å². The van der Waals surface area contributed by atoms with Crippen molar-refractivity contribution in [3.63, 3.8) is 0 Å². The fraction of sp³-hybridized carbons (Fsp3) is 1.00. The van der Waals surface area contributed by atoms with Crippen LogP contribution in [-0.4, -0.2) is 56.5 Å². The molecule has 2 aliphatic rings. The minimum absolute atomic E-state index is 0.321. The number of hydrogen-bond acceptors (Lipinski definition) is 6. The molecular weight excluding hydrogens is 366 g/mol. The first kappa shape index (κ1) is 22.6. The molecular formula is C18H35N3O5Si. The van der Waals surface area contributed by atoms with E-state index < -0.39 is 44.7 Å².